The standard InChI is InChI=1S/C14H22N2OS/c1-5-12(9-18-4)16(3)14(17)13-7-6-11(15)8-10(13)2/h6-8,12H,5,9,15H2,1-4H3. The fourth-order valence-electron chi connectivity index (χ4n) is 1.98. The Morgan fingerprint density at radius 3 is 2.67 bits per heavy atom. The topological polar surface area (TPSA) is 46.3 Å². The summed E-state index contributed by atoms with van der Waals surface area (Å²) in [5, 5.41) is 0. The van der Waals surface area contributed by atoms with E-state index in [-0.39, 0.29) is 11.9 Å². The maximum Gasteiger partial charge on any atom is 0.254 e. The number of hydrogen-bond donors (Lipinski definition) is 1. The largest absolute Gasteiger partial charge is 0.399 e. The van der Waals surface area contributed by atoms with Crippen LogP contribution in [0.3, 0.4) is 0 Å². The first-order valence-corrected chi connectivity index (χ1v) is 7.52. The summed E-state index contributed by atoms with van der Waals surface area (Å²) in [7, 11) is 1.88. The molecule has 1 atom stereocenters. The van der Waals surface area contributed by atoms with Gasteiger partial charge in [-0.05, 0) is 43.4 Å². The maximum atomic E-state index is 12.4. The zero-order chi connectivity index (χ0) is 13.7. The van der Waals surface area contributed by atoms with Crippen LogP contribution in [0, 0.1) is 6.92 Å². The van der Waals surface area contributed by atoms with Crippen molar-refractivity contribution < 1.29 is 4.79 Å². The minimum absolute atomic E-state index is 0.0772. The number of rotatable bonds is 5. The van der Waals surface area contributed by atoms with Crippen LogP contribution < -0.4 is 5.73 Å². The third kappa shape index (κ3) is 3.42. The van der Waals surface area contributed by atoms with Crippen molar-refractivity contribution in [2.24, 2.45) is 0 Å². The number of nitrogen functional groups attached to an aromatic ring is 1. The Labute approximate surface area is 114 Å². The number of thioether (sulfide) groups is 1. The first kappa shape index (κ1) is 14.9. The highest BCUT2D eigenvalue weighted by Crippen LogP contribution is 2.17. The molecule has 1 rings (SSSR count). The van der Waals surface area contributed by atoms with E-state index in [1.807, 2.05) is 31.0 Å². The van der Waals surface area contributed by atoms with E-state index in [9.17, 15) is 4.79 Å². The smallest absolute Gasteiger partial charge is 0.254 e. The minimum Gasteiger partial charge on any atom is -0.399 e. The number of carbonyl (C=O) groups is 1. The van der Waals surface area contributed by atoms with Crippen molar-refractivity contribution in [3.05, 3.63) is 29.3 Å². The molecule has 0 radical (unpaired) electrons. The molecule has 0 fully saturated rings. The second kappa shape index (κ2) is 6.69. The maximum absolute atomic E-state index is 12.4. The van der Waals surface area contributed by atoms with Crippen molar-refractivity contribution in [3.63, 3.8) is 0 Å². The van der Waals surface area contributed by atoms with Gasteiger partial charge < -0.3 is 10.6 Å². The summed E-state index contributed by atoms with van der Waals surface area (Å²) in [6.07, 6.45) is 3.03. The number of benzene rings is 1. The average Bonchev–Trinajstić information content (AvgIpc) is 2.34. The van der Waals surface area contributed by atoms with Crippen LogP contribution in [0.1, 0.15) is 29.3 Å². The highest BCUT2D eigenvalue weighted by atomic mass is 32.2. The third-order valence-electron chi connectivity index (χ3n) is 3.18. The molecule has 0 aliphatic heterocycles. The van der Waals surface area contributed by atoms with Crippen molar-refractivity contribution >= 4 is 23.4 Å². The Bertz CT molecular complexity index is 420. The van der Waals surface area contributed by atoms with E-state index in [0.717, 1.165) is 23.3 Å². The van der Waals surface area contributed by atoms with Crippen LogP contribution in [0.25, 0.3) is 0 Å². The summed E-state index contributed by atoms with van der Waals surface area (Å²) in [5.74, 6) is 1.04. The SMILES string of the molecule is CCC(CSC)N(C)C(=O)c1ccc(N)cc1C. The Kier molecular flexibility index (Phi) is 5.54. The van der Waals surface area contributed by atoms with E-state index in [2.05, 4.69) is 13.2 Å². The zero-order valence-electron chi connectivity index (χ0n) is 11.6. The molecule has 0 heterocycles. The Morgan fingerprint density at radius 1 is 1.50 bits per heavy atom. The molecule has 1 aromatic carbocycles. The van der Waals surface area contributed by atoms with Gasteiger partial charge in [0, 0.05) is 30.1 Å². The average molecular weight is 266 g/mol. The van der Waals surface area contributed by atoms with E-state index in [0.29, 0.717) is 5.69 Å². The van der Waals surface area contributed by atoms with Gasteiger partial charge in [0.15, 0.2) is 0 Å². The lowest BCUT2D eigenvalue weighted by atomic mass is 10.1. The third-order valence-corrected chi connectivity index (χ3v) is 3.90. The van der Waals surface area contributed by atoms with Gasteiger partial charge in [0.25, 0.3) is 5.91 Å². The number of hydrogen-bond acceptors (Lipinski definition) is 3. The molecule has 1 amide bonds. The van der Waals surface area contributed by atoms with Crippen LogP contribution in [0.15, 0.2) is 18.2 Å². The number of amides is 1. The van der Waals surface area contributed by atoms with Crippen molar-refractivity contribution in [2.75, 3.05) is 24.8 Å². The van der Waals surface area contributed by atoms with Crippen LogP contribution in [-0.4, -0.2) is 35.9 Å². The Hall–Kier alpha value is -1.16. The molecule has 0 saturated heterocycles. The number of carbonyl (C=O) groups excluding carboxylic acids is 1. The summed E-state index contributed by atoms with van der Waals surface area (Å²) in [6.45, 7) is 4.04. The summed E-state index contributed by atoms with van der Waals surface area (Å²) >= 11 is 1.77. The molecule has 0 saturated carbocycles. The van der Waals surface area contributed by atoms with Crippen molar-refractivity contribution in [1.29, 1.82) is 0 Å². The molecule has 1 aromatic rings. The molecule has 0 aliphatic carbocycles. The van der Waals surface area contributed by atoms with E-state index in [1.165, 1.54) is 0 Å². The zero-order valence-corrected chi connectivity index (χ0v) is 12.4. The molecule has 4 heteroatoms. The van der Waals surface area contributed by atoms with Gasteiger partial charge in [-0.3, -0.25) is 4.79 Å². The Balaban J connectivity index is 2.91. The second-order valence-electron chi connectivity index (χ2n) is 4.51. The van der Waals surface area contributed by atoms with Crippen molar-refractivity contribution in [3.8, 4) is 0 Å². The van der Waals surface area contributed by atoms with Crippen LogP contribution >= 0.6 is 11.8 Å². The lowest BCUT2D eigenvalue weighted by Crippen LogP contribution is -2.38. The van der Waals surface area contributed by atoms with Gasteiger partial charge in [-0.1, -0.05) is 6.92 Å². The van der Waals surface area contributed by atoms with Gasteiger partial charge >= 0.3 is 0 Å². The fraction of sp³-hybridized carbons (Fsp3) is 0.500. The van der Waals surface area contributed by atoms with Crippen LogP contribution in [-0.2, 0) is 0 Å². The van der Waals surface area contributed by atoms with Crippen molar-refractivity contribution in [1.82, 2.24) is 4.90 Å². The molecule has 0 spiro atoms. The molecule has 100 valence electrons. The summed E-state index contributed by atoms with van der Waals surface area (Å²) in [5.41, 5.74) is 8.08. The van der Waals surface area contributed by atoms with Gasteiger partial charge in [-0.15, -0.1) is 0 Å². The van der Waals surface area contributed by atoms with E-state index in [1.54, 1.807) is 17.8 Å². The predicted octanol–water partition coefficient (Wildman–Crippen LogP) is 2.79. The minimum atomic E-state index is 0.0772. The molecule has 0 aromatic heterocycles. The predicted molar refractivity (Wildman–Crippen MR) is 80.1 cm³/mol. The lowest BCUT2D eigenvalue weighted by Gasteiger charge is -2.27. The molecule has 18 heavy (non-hydrogen) atoms. The van der Waals surface area contributed by atoms with Gasteiger partial charge in [0.05, 0.1) is 0 Å². The number of aryl methyl sites for hydroxylation is 1. The molecule has 3 nitrogen and oxygen atoms in total. The van der Waals surface area contributed by atoms with Crippen LogP contribution in [0.2, 0.25) is 0 Å². The van der Waals surface area contributed by atoms with Gasteiger partial charge in [-0.25, -0.2) is 0 Å². The monoisotopic (exact) mass is 266 g/mol. The van der Waals surface area contributed by atoms with Gasteiger partial charge in [0.1, 0.15) is 0 Å². The summed E-state index contributed by atoms with van der Waals surface area (Å²) in [4.78, 5) is 14.3. The van der Waals surface area contributed by atoms with E-state index >= 15 is 0 Å². The molecule has 2 N–H and O–H groups in total. The quantitative estimate of drug-likeness (QED) is 0.834. The molecule has 1 unspecified atom stereocenters. The van der Waals surface area contributed by atoms with Crippen LogP contribution in [0.5, 0.6) is 0 Å². The second-order valence-corrected chi connectivity index (χ2v) is 5.42. The van der Waals surface area contributed by atoms with Gasteiger partial charge in [-0.2, -0.15) is 11.8 Å². The highest BCUT2D eigenvalue weighted by molar-refractivity contribution is 7.98. The van der Waals surface area contributed by atoms with Crippen LogP contribution in [0.4, 0.5) is 5.69 Å². The van der Waals surface area contributed by atoms with E-state index < -0.39 is 0 Å². The first-order valence-electron chi connectivity index (χ1n) is 6.13. The number of anilines is 1. The number of nitrogens with zero attached hydrogens (tertiary/aromatic N) is 1. The van der Waals surface area contributed by atoms with E-state index in [4.69, 9.17) is 5.73 Å². The van der Waals surface area contributed by atoms with Gasteiger partial charge in [0.2, 0.25) is 0 Å². The summed E-state index contributed by atoms with van der Waals surface area (Å²) in [6, 6.07) is 5.72. The first-order chi connectivity index (χ1) is 8.51. The molecule has 0 aliphatic rings. The fourth-order valence-corrected chi connectivity index (χ4v) is 2.82. The highest BCUT2D eigenvalue weighted by Gasteiger charge is 2.20. The van der Waals surface area contributed by atoms with Crippen molar-refractivity contribution in [2.45, 2.75) is 26.3 Å². The molecular formula is C14H22N2OS. The number of nitrogens with two attached hydrogens (primary N) is 1. The molecular weight excluding hydrogens is 244 g/mol. The molecule has 0 bridgehead atoms. The normalized spacial score (nSPS) is 12.2. The Morgan fingerprint density at radius 2 is 2.17 bits per heavy atom. The lowest BCUT2D eigenvalue weighted by molar-refractivity contribution is 0.0743. The summed E-state index contributed by atoms with van der Waals surface area (Å²) < 4.78 is 0.